The molecule has 10 aromatic rings. The highest BCUT2D eigenvalue weighted by Gasteiger charge is 2.22. The predicted octanol–water partition coefficient (Wildman–Crippen LogP) is 16.5. The van der Waals surface area contributed by atoms with E-state index in [1.807, 2.05) is 0 Å². The van der Waals surface area contributed by atoms with E-state index in [4.69, 9.17) is 0 Å². The van der Waals surface area contributed by atoms with Gasteiger partial charge in [-0.15, -0.1) is 0 Å². The van der Waals surface area contributed by atoms with Gasteiger partial charge in [0.2, 0.25) is 0 Å². The highest BCUT2D eigenvalue weighted by Crippen LogP contribution is 2.44. The van der Waals surface area contributed by atoms with E-state index in [0.717, 1.165) is 29.9 Å². The van der Waals surface area contributed by atoms with Gasteiger partial charge < -0.3 is 9.47 Å². The number of aryl methyl sites for hydroxylation is 1. The van der Waals surface area contributed by atoms with Crippen LogP contribution >= 0.6 is 0 Å². The van der Waals surface area contributed by atoms with Gasteiger partial charge in [-0.2, -0.15) is 0 Å². The minimum Gasteiger partial charge on any atom is -0.310 e. The number of allylic oxidation sites excluding steroid dienone is 7. The molecule has 0 unspecified atom stereocenters. The van der Waals surface area contributed by atoms with Gasteiger partial charge in [0.1, 0.15) is 0 Å². The number of para-hydroxylation sites is 1. The molecule has 0 radical (unpaired) electrons. The van der Waals surface area contributed by atoms with Gasteiger partial charge in [0, 0.05) is 39.4 Å². The van der Waals surface area contributed by atoms with Crippen LogP contribution in [0.25, 0.3) is 71.8 Å². The molecule has 0 N–H and O–H groups in total. The Kier molecular flexibility index (Phi) is 9.08. The maximum Gasteiger partial charge on any atom is 0.0547 e. The second-order valence-electron chi connectivity index (χ2n) is 16.8. The van der Waals surface area contributed by atoms with E-state index in [1.165, 1.54) is 88.0 Å². The molecule has 1 atom stereocenters. The molecule has 0 aliphatic heterocycles. The number of nitrogens with zero attached hydrogens (tertiary/aromatic N) is 2. The van der Waals surface area contributed by atoms with E-state index in [9.17, 15) is 0 Å². The van der Waals surface area contributed by atoms with Crippen LogP contribution < -0.4 is 4.90 Å². The Bertz CT molecular complexity index is 3500. The van der Waals surface area contributed by atoms with Gasteiger partial charge >= 0.3 is 0 Å². The van der Waals surface area contributed by atoms with Crippen molar-refractivity contribution in [1.82, 2.24) is 4.57 Å². The zero-order chi connectivity index (χ0) is 41.7. The number of hydrogen-bond donors (Lipinski definition) is 0. The summed E-state index contributed by atoms with van der Waals surface area (Å²) in [7, 11) is 0. The molecule has 2 nitrogen and oxygen atoms in total. The normalized spacial score (nSPS) is 14.6. The minimum atomic E-state index is 0.197. The molecule has 2 aliphatic rings. The third-order valence-corrected chi connectivity index (χ3v) is 13.1. The van der Waals surface area contributed by atoms with Crippen LogP contribution in [0.15, 0.2) is 231 Å². The molecule has 0 fully saturated rings. The van der Waals surface area contributed by atoms with Crippen LogP contribution in [-0.2, 0) is 6.42 Å². The van der Waals surface area contributed by atoms with Crippen molar-refractivity contribution in [2.24, 2.45) is 0 Å². The number of hydrogen-bond acceptors (Lipinski definition) is 1. The lowest BCUT2D eigenvalue weighted by Crippen LogP contribution is -2.10. The smallest absolute Gasteiger partial charge is 0.0547 e. The number of rotatable bonds is 7. The molecule has 0 saturated carbocycles. The largest absolute Gasteiger partial charge is 0.310 e. The van der Waals surface area contributed by atoms with Gasteiger partial charge in [0.25, 0.3) is 0 Å². The molecule has 1 heterocycles. The first kappa shape index (κ1) is 36.9. The highest BCUT2D eigenvalue weighted by molar-refractivity contribution is 6.19. The minimum absolute atomic E-state index is 0.197. The summed E-state index contributed by atoms with van der Waals surface area (Å²) in [5, 5.41) is 7.63. The van der Waals surface area contributed by atoms with Crippen molar-refractivity contribution in [2.75, 3.05) is 4.90 Å². The van der Waals surface area contributed by atoms with Crippen LogP contribution in [0.4, 0.5) is 17.1 Å². The maximum absolute atomic E-state index is 2.45. The quantitative estimate of drug-likeness (QED) is 0.156. The van der Waals surface area contributed by atoms with Crippen LogP contribution in [0.5, 0.6) is 0 Å². The topological polar surface area (TPSA) is 8.17 Å². The van der Waals surface area contributed by atoms with Crippen LogP contribution in [0.1, 0.15) is 34.6 Å². The highest BCUT2D eigenvalue weighted by atomic mass is 15.1. The summed E-state index contributed by atoms with van der Waals surface area (Å²) in [4.78, 5) is 2.41. The van der Waals surface area contributed by atoms with E-state index in [0.29, 0.717) is 0 Å². The fourth-order valence-electron chi connectivity index (χ4n) is 10.1. The van der Waals surface area contributed by atoms with Gasteiger partial charge in [0.05, 0.1) is 11.0 Å². The molecule has 63 heavy (non-hydrogen) atoms. The van der Waals surface area contributed by atoms with Crippen LogP contribution in [0, 0.1) is 0 Å². The number of fused-ring (bicyclic) bond motifs is 7. The van der Waals surface area contributed by atoms with Crippen molar-refractivity contribution in [3.05, 3.63) is 253 Å². The third kappa shape index (κ3) is 6.51. The first-order valence-electron chi connectivity index (χ1n) is 22.1. The summed E-state index contributed by atoms with van der Waals surface area (Å²) in [6.07, 6.45) is 18.2. The van der Waals surface area contributed by atoms with Gasteiger partial charge in [0.15, 0.2) is 0 Å². The lowest BCUT2D eigenvalue weighted by Gasteiger charge is -2.27. The monoisotopic (exact) mass is 804 g/mol. The maximum atomic E-state index is 2.45. The molecule has 0 saturated heterocycles. The molecule has 0 bridgehead atoms. The second-order valence-corrected chi connectivity index (χ2v) is 16.8. The average molecular weight is 805 g/mol. The molecule has 1 aromatic heterocycles. The van der Waals surface area contributed by atoms with Crippen molar-refractivity contribution >= 4 is 72.1 Å². The van der Waals surface area contributed by atoms with Crippen LogP contribution in [0.2, 0.25) is 0 Å². The van der Waals surface area contributed by atoms with Crippen molar-refractivity contribution in [3.8, 4) is 16.8 Å². The zero-order valence-electron chi connectivity index (χ0n) is 34.9. The molecule has 298 valence electrons. The molecule has 0 spiro atoms. The Labute approximate surface area is 368 Å². The predicted molar refractivity (Wildman–Crippen MR) is 269 cm³/mol. The molecule has 12 rings (SSSR count). The number of anilines is 3. The lowest BCUT2D eigenvalue weighted by atomic mass is 9.91. The molecule has 9 aromatic carbocycles. The van der Waals surface area contributed by atoms with Crippen molar-refractivity contribution in [2.45, 2.75) is 18.8 Å². The third-order valence-electron chi connectivity index (χ3n) is 13.1. The molecule has 2 heteroatoms. The Morgan fingerprint density at radius 1 is 0.492 bits per heavy atom. The zero-order valence-corrected chi connectivity index (χ0v) is 34.9. The Morgan fingerprint density at radius 3 is 2.14 bits per heavy atom. The summed E-state index contributed by atoms with van der Waals surface area (Å²) in [5.74, 6) is 0.197. The Balaban J connectivity index is 0.969. The molecule has 2 aliphatic carbocycles. The lowest BCUT2D eigenvalue weighted by molar-refractivity contribution is 0.989. The Morgan fingerprint density at radius 2 is 1.24 bits per heavy atom. The SMILES string of the molecule is C1=C[C@H](c2cccc3ccccc23)C=CC(c2ccc(N(c3cccc(-c4cccc5c4c4c6c(ccc4n5-c4ccccc4)CCC=C6)c3)c3ccc4ccccc4c3)cc2)=C1. The first-order valence-corrected chi connectivity index (χ1v) is 22.1. The van der Waals surface area contributed by atoms with Crippen molar-refractivity contribution in [3.63, 3.8) is 0 Å². The van der Waals surface area contributed by atoms with Crippen molar-refractivity contribution in [1.29, 1.82) is 0 Å². The standard InChI is InChI=1S/C61H44N2/c1-2-22-50(23-3-1)63-58-29-13-28-57(61(58)60-56-26-9-7-16-47(56)35-39-59(60)63)49-21-11-24-52(41-49)62(53-38-34-43-14-4-5-17-48(43)40-53)51-36-32-44(33-37-51)42-18-10-19-46(31-30-42)55-27-12-20-45-15-6-8-25-54(45)55/h1-6,8-15,17-41,46H,7,16H2/t46-/m0/s1. The average Bonchev–Trinajstić information content (AvgIpc) is 3.50. The van der Waals surface area contributed by atoms with E-state index in [2.05, 4.69) is 246 Å². The fourth-order valence-corrected chi connectivity index (χ4v) is 10.1. The van der Waals surface area contributed by atoms with E-state index in [-0.39, 0.29) is 5.92 Å². The Hall–Kier alpha value is -7.94. The van der Waals surface area contributed by atoms with E-state index < -0.39 is 0 Å². The van der Waals surface area contributed by atoms with Crippen LogP contribution in [-0.4, -0.2) is 4.57 Å². The van der Waals surface area contributed by atoms with Gasteiger partial charge in [-0.1, -0.05) is 176 Å². The number of benzene rings is 9. The second kappa shape index (κ2) is 15.5. The summed E-state index contributed by atoms with van der Waals surface area (Å²) in [6, 6.07) is 71.3. The summed E-state index contributed by atoms with van der Waals surface area (Å²) in [5.41, 5.74) is 15.8. The van der Waals surface area contributed by atoms with Crippen molar-refractivity contribution < 1.29 is 0 Å². The summed E-state index contributed by atoms with van der Waals surface area (Å²) in [6.45, 7) is 0. The van der Waals surface area contributed by atoms with E-state index in [1.54, 1.807) is 0 Å². The molecule has 0 amide bonds. The van der Waals surface area contributed by atoms with Gasteiger partial charge in [-0.3, -0.25) is 0 Å². The molecular weight excluding hydrogens is 761 g/mol. The number of aromatic nitrogens is 1. The van der Waals surface area contributed by atoms with Crippen LogP contribution in [0.3, 0.4) is 0 Å². The first-order chi connectivity index (χ1) is 31.2. The van der Waals surface area contributed by atoms with E-state index >= 15 is 0 Å². The van der Waals surface area contributed by atoms with Gasteiger partial charge in [-0.05, 0) is 134 Å². The van der Waals surface area contributed by atoms with Gasteiger partial charge in [-0.25, -0.2) is 0 Å². The summed E-state index contributed by atoms with van der Waals surface area (Å²) >= 11 is 0. The fraction of sp³-hybridized carbons (Fsp3) is 0.0492. The molecular formula is C61H44N2. The summed E-state index contributed by atoms with van der Waals surface area (Å²) < 4.78 is 2.45.